The molecule has 0 atom stereocenters. The van der Waals surface area contributed by atoms with E-state index in [1.807, 2.05) is 0 Å². The minimum atomic E-state index is -0.797. The van der Waals surface area contributed by atoms with E-state index in [1.165, 1.54) is 6.07 Å². The molecule has 1 heterocycles. The van der Waals surface area contributed by atoms with Gasteiger partial charge in [0.25, 0.3) is 10.5 Å². The molecule has 5 heteroatoms. The van der Waals surface area contributed by atoms with Crippen LogP contribution in [0.2, 0.25) is 0 Å². The molecule has 80 valence electrons. The third kappa shape index (κ3) is 1.92. The molecule has 0 saturated heterocycles. The fraction of sp³-hybridized carbons (Fsp3) is 0. The highest BCUT2D eigenvalue weighted by atomic mass is 35.5. The summed E-state index contributed by atoms with van der Waals surface area (Å²) in [5, 5.41) is -0.815. The predicted molar refractivity (Wildman–Crippen MR) is 62.1 cm³/mol. The number of rotatable bonds is 2. The first kappa shape index (κ1) is 11.0. The zero-order valence-corrected chi connectivity index (χ0v) is 9.42. The van der Waals surface area contributed by atoms with Crippen LogP contribution in [-0.2, 0) is 0 Å². The maximum Gasteiger partial charge on any atom is 0.271 e. The molecule has 0 amide bonds. The van der Waals surface area contributed by atoms with Crippen LogP contribution >= 0.6 is 23.2 Å². The van der Waals surface area contributed by atoms with Crippen molar-refractivity contribution in [1.29, 1.82) is 0 Å². The van der Waals surface area contributed by atoms with Crippen molar-refractivity contribution < 1.29 is 9.59 Å². The average molecular weight is 254 g/mol. The maximum absolute atomic E-state index is 11.1. The predicted octanol–water partition coefficient (Wildman–Crippen LogP) is 2.99. The first-order valence-electron chi connectivity index (χ1n) is 4.39. The molecule has 0 radical (unpaired) electrons. The molecule has 2 aromatic rings. The number of halogens is 2. The molecule has 0 unspecified atom stereocenters. The summed E-state index contributed by atoms with van der Waals surface area (Å²) in [6.45, 7) is 0. The Hall–Kier alpha value is -1.45. The van der Waals surface area contributed by atoms with Gasteiger partial charge in [0.15, 0.2) is 0 Å². The van der Waals surface area contributed by atoms with E-state index in [-0.39, 0.29) is 11.3 Å². The Bertz CT molecular complexity index is 543. The summed E-state index contributed by atoms with van der Waals surface area (Å²) in [6, 6.07) is 8.58. The number of fused-ring (bicyclic) bond motifs is 1. The van der Waals surface area contributed by atoms with Crippen molar-refractivity contribution >= 4 is 44.6 Å². The maximum atomic E-state index is 11.1. The number of nitrogens with zero attached hydrogens (tertiary/aromatic N) is 1. The van der Waals surface area contributed by atoms with Gasteiger partial charge in [-0.3, -0.25) is 9.59 Å². The number of carbonyl (C=O) groups excluding carboxylic acids is 2. The second-order valence-electron chi connectivity index (χ2n) is 3.12. The Labute approximate surface area is 101 Å². The van der Waals surface area contributed by atoms with Gasteiger partial charge in [-0.05, 0) is 35.3 Å². The molecule has 0 aliphatic rings. The Morgan fingerprint density at radius 3 is 2.38 bits per heavy atom. The topological polar surface area (TPSA) is 47.0 Å². The Morgan fingerprint density at radius 1 is 1.06 bits per heavy atom. The van der Waals surface area contributed by atoms with Crippen LogP contribution in [0.15, 0.2) is 30.3 Å². The Balaban J connectivity index is 2.81. The molecular formula is C11H5Cl2NO2. The molecule has 0 bridgehead atoms. The third-order valence-corrected chi connectivity index (χ3v) is 2.50. The summed E-state index contributed by atoms with van der Waals surface area (Å²) in [5.41, 5.74) is 0.508. The SMILES string of the molecule is O=C(Cl)c1cc2ccccc2nc1C(=O)Cl. The van der Waals surface area contributed by atoms with Crippen molar-refractivity contribution in [2.45, 2.75) is 0 Å². The van der Waals surface area contributed by atoms with Gasteiger partial charge in [0.05, 0.1) is 11.1 Å². The van der Waals surface area contributed by atoms with Crippen LogP contribution in [0.25, 0.3) is 10.9 Å². The third-order valence-electron chi connectivity index (χ3n) is 2.12. The molecule has 0 spiro atoms. The first-order valence-corrected chi connectivity index (χ1v) is 5.14. The summed E-state index contributed by atoms with van der Waals surface area (Å²) in [6.07, 6.45) is 0. The Kier molecular flexibility index (Phi) is 2.90. The van der Waals surface area contributed by atoms with Gasteiger partial charge in [0, 0.05) is 5.39 Å². The van der Waals surface area contributed by atoms with Crippen molar-refractivity contribution in [3.63, 3.8) is 0 Å². The number of benzene rings is 1. The van der Waals surface area contributed by atoms with Gasteiger partial charge >= 0.3 is 0 Å². The van der Waals surface area contributed by atoms with E-state index in [9.17, 15) is 9.59 Å². The van der Waals surface area contributed by atoms with Gasteiger partial charge in [-0.2, -0.15) is 0 Å². The van der Waals surface area contributed by atoms with Gasteiger partial charge in [-0.1, -0.05) is 18.2 Å². The number of hydrogen-bond acceptors (Lipinski definition) is 3. The van der Waals surface area contributed by atoms with Crippen molar-refractivity contribution in [2.24, 2.45) is 0 Å². The van der Waals surface area contributed by atoms with E-state index >= 15 is 0 Å². The van der Waals surface area contributed by atoms with Crippen LogP contribution in [0.5, 0.6) is 0 Å². The number of aromatic nitrogens is 1. The van der Waals surface area contributed by atoms with Gasteiger partial charge in [0.2, 0.25) is 0 Å². The molecule has 0 aliphatic heterocycles. The minimum absolute atomic E-state index is 0.0281. The fourth-order valence-electron chi connectivity index (χ4n) is 1.42. The largest absolute Gasteiger partial charge is 0.276 e. The second-order valence-corrected chi connectivity index (χ2v) is 3.81. The molecule has 0 aliphatic carbocycles. The lowest BCUT2D eigenvalue weighted by atomic mass is 10.1. The summed E-state index contributed by atoms with van der Waals surface area (Å²) < 4.78 is 0. The van der Waals surface area contributed by atoms with Crippen LogP contribution in [0.1, 0.15) is 20.8 Å². The van der Waals surface area contributed by atoms with Gasteiger partial charge < -0.3 is 0 Å². The number of pyridine rings is 1. The zero-order valence-electron chi connectivity index (χ0n) is 7.91. The van der Waals surface area contributed by atoms with E-state index < -0.39 is 10.5 Å². The standard InChI is InChI=1S/C11H5Cl2NO2/c12-10(15)7-5-6-3-1-2-4-8(6)14-9(7)11(13)16/h1-5H. The Morgan fingerprint density at radius 2 is 1.75 bits per heavy atom. The summed E-state index contributed by atoms with van der Waals surface area (Å²) >= 11 is 10.7. The van der Waals surface area contributed by atoms with E-state index in [2.05, 4.69) is 4.98 Å². The molecule has 0 saturated carbocycles. The molecule has 3 nitrogen and oxygen atoms in total. The van der Waals surface area contributed by atoms with Crippen LogP contribution in [-0.4, -0.2) is 15.5 Å². The van der Waals surface area contributed by atoms with E-state index in [1.54, 1.807) is 24.3 Å². The van der Waals surface area contributed by atoms with Crippen LogP contribution < -0.4 is 0 Å². The van der Waals surface area contributed by atoms with E-state index in [4.69, 9.17) is 23.2 Å². The number of para-hydroxylation sites is 1. The van der Waals surface area contributed by atoms with Crippen molar-refractivity contribution in [2.75, 3.05) is 0 Å². The average Bonchev–Trinajstić information content (AvgIpc) is 2.27. The zero-order chi connectivity index (χ0) is 11.7. The normalized spacial score (nSPS) is 10.4. The van der Waals surface area contributed by atoms with Gasteiger partial charge in [0.1, 0.15) is 5.69 Å². The lowest BCUT2D eigenvalue weighted by Crippen LogP contribution is -2.04. The molecular weight excluding hydrogens is 249 g/mol. The smallest absolute Gasteiger partial charge is 0.271 e. The molecule has 0 fully saturated rings. The number of carbonyl (C=O) groups is 2. The second kappa shape index (κ2) is 4.20. The number of hydrogen-bond donors (Lipinski definition) is 0. The molecule has 1 aromatic carbocycles. The van der Waals surface area contributed by atoms with Crippen LogP contribution in [0, 0.1) is 0 Å². The summed E-state index contributed by atoms with van der Waals surface area (Å²) in [7, 11) is 0. The molecule has 2 rings (SSSR count). The minimum Gasteiger partial charge on any atom is -0.276 e. The van der Waals surface area contributed by atoms with Gasteiger partial charge in [-0.15, -0.1) is 0 Å². The lowest BCUT2D eigenvalue weighted by Gasteiger charge is -2.03. The molecule has 16 heavy (non-hydrogen) atoms. The van der Waals surface area contributed by atoms with Crippen molar-refractivity contribution in [1.82, 2.24) is 4.98 Å². The highest BCUT2D eigenvalue weighted by molar-refractivity contribution is 6.71. The van der Waals surface area contributed by atoms with Crippen molar-refractivity contribution in [3.05, 3.63) is 41.6 Å². The van der Waals surface area contributed by atoms with Crippen LogP contribution in [0.3, 0.4) is 0 Å². The summed E-state index contributed by atoms with van der Waals surface area (Å²) in [4.78, 5) is 26.2. The van der Waals surface area contributed by atoms with E-state index in [0.29, 0.717) is 5.52 Å². The first-order chi connectivity index (χ1) is 7.59. The molecule has 1 aromatic heterocycles. The summed E-state index contributed by atoms with van der Waals surface area (Å²) in [5.74, 6) is 0. The highest BCUT2D eigenvalue weighted by Crippen LogP contribution is 2.19. The monoisotopic (exact) mass is 253 g/mol. The highest BCUT2D eigenvalue weighted by Gasteiger charge is 2.16. The molecule has 0 N–H and O–H groups in total. The quantitative estimate of drug-likeness (QED) is 0.774. The fourth-order valence-corrected chi connectivity index (χ4v) is 1.70. The lowest BCUT2D eigenvalue weighted by molar-refractivity contribution is 0.104. The van der Waals surface area contributed by atoms with Crippen LogP contribution in [0.4, 0.5) is 0 Å². The van der Waals surface area contributed by atoms with Crippen molar-refractivity contribution in [3.8, 4) is 0 Å². The van der Waals surface area contributed by atoms with Gasteiger partial charge in [-0.25, -0.2) is 4.98 Å². The van der Waals surface area contributed by atoms with E-state index in [0.717, 1.165) is 5.39 Å².